The Morgan fingerprint density at radius 1 is 0.880 bits per heavy atom. The van der Waals surface area contributed by atoms with Crippen molar-refractivity contribution in [1.82, 2.24) is 0 Å². The number of quaternary nitrogens is 1. The third-order valence-electron chi connectivity index (χ3n) is 5.89. The lowest BCUT2D eigenvalue weighted by atomic mass is 9.97. The Kier molecular flexibility index (Phi) is 5.49. The van der Waals surface area contributed by atoms with Gasteiger partial charge in [0.05, 0.1) is 25.2 Å². The molecule has 4 rings (SSSR count). The van der Waals surface area contributed by atoms with Gasteiger partial charge < -0.3 is 14.6 Å². The molecule has 0 amide bonds. The van der Waals surface area contributed by atoms with Gasteiger partial charge in [-0.05, 0) is 11.1 Å². The maximum Gasteiger partial charge on any atom is 0.108 e. The van der Waals surface area contributed by atoms with Gasteiger partial charge in [0, 0.05) is 25.7 Å². The predicted molar refractivity (Wildman–Crippen MR) is 102 cm³/mol. The lowest BCUT2D eigenvalue weighted by Crippen LogP contribution is -2.54. The molecule has 25 heavy (non-hydrogen) atoms. The number of hydrogen-bond acceptors (Lipinski definition) is 2. The summed E-state index contributed by atoms with van der Waals surface area (Å²) in [5.41, 5.74) is 2.36. The standard InChI is InChI=1S/C21H25NO2.ClH/c1-22(23)18-12-13-19(22)15-20(14-18)24-21(16-8-4-2-5-9-16)17-10-6-3-7-11-17;/h2-11,18-21H,12-15H2,1H3;1H/t18-,19+,20?,22?;. The second-order valence-corrected chi connectivity index (χ2v) is 7.37. The molecule has 2 saturated heterocycles. The van der Waals surface area contributed by atoms with Gasteiger partial charge in [-0.1, -0.05) is 60.7 Å². The molecule has 2 heterocycles. The largest absolute Gasteiger partial charge is 0.633 e. The highest BCUT2D eigenvalue weighted by molar-refractivity contribution is 5.85. The monoisotopic (exact) mass is 359 g/mol. The lowest BCUT2D eigenvalue weighted by molar-refractivity contribution is -0.903. The average molecular weight is 360 g/mol. The minimum Gasteiger partial charge on any atom is -0.633 e. The van der Waals surface area contributed by atoms with Crippen LogP contribution in [0.3, 0.4) is 0 Å². The van der Waals surface area contributed by atoms with E-state index in [1.807, 2.05) is 19.2 Å². The van der Waals surface area contributed by atoms with E-state index >= 15 is 0 Å². The third-order valence-corrected chi connectivity index (χ3v) is 5.89. The normalized spacial score (nSPS) is 30.9. The summed E-state index contributed by atoms with van der Waals surface area (Å²) in [6, 6.07) is 21.2. The first kappa shape index (κ1) is 18.4. The first-order valence-corrected chi connectivity index (χ1v) is 8.97. The summed E-state index contributed by atoms with van der Waals surface area (Å²) in [7, 11) is 1.85. The van der Waals surface area contributed by atoms with Crippen molar-refractivity contribution in [3.05, 3.63) is 77.0 Å². The second-order valence-electron chi connectivity index (χ2n) is 7.37. The number of benzene rings is 2. The Morgan fingerprint density at radius 3 is 1.76 bits per heavy atom. The summed E-state index contributed by atoms with van der Waals surface area (Å²) in [5, 5.41) is 12.7. The molecule has 2 aromatic rings. The Balaban J connectivity index is 0.00000182. The zero-order valence-electron chi connectivity index (χ0n) is 14.6. The highest BCUT2D eigenvalue weighted by Gasteiger charge is 2.47. The molecule has 0 aliphatic carbocycles. The van der Waals surface area contributed by atoms with E-state index in [1.165, 1.54) is 11.1 Å². The van der Waals surface area contributed by atoms with Gasteiger partial charge in [0.2, 0.25) is 0 Å². The van der Waals surface area contributed by atoms with Gasteiger partial charge in [0.15, 0.2) is 0 Å². The van der Waals surface area contributed by atoms with E-state index in [0.717, 1.165) is 25.7 Å². The molecule has 0 aromatic heterocycles. The molecule has 2 fully saturated rings. The van der Waals surface area contributed by atoms with Crippen molar-refractivity contribution in [2.75, 3.05) is 7.05 Å². The number of ether oxygens (including phenoxy) is 1. The van der Waals surface area contributed by atoms with Crippen LogP contribution in [0.15, 0.2) is 60.7 Å². The van der Waals surface area contributed by atoms with Crippen molar-refractivity contribution < 1.29 is 9.38 Å². The second kappa shape index (κ2) is 7.46. The van der Waals surface area contributed by atoms with Gasteiger partial charge in [-0.3, -0.25) is 0 Å². The Bertz CT molecular complexity index is 621. The van der Waals surface area contributed by atoms with Gasteiger partial charge in [-0.15, -0.1) is 12.4 Å². The van der Waals surface area contributed by atoms with Crippen LogP contribution in [0, 0.1) is 5.21 Å². The van der Waals surface area contributed by atoms with Gasteiger partial charge in [0.1, 0.15) is 6.10 Å². The van der Waals surface area contributed by atoms with Crippen LogP contribution in [-0.4, -0.2) is 29.9 Å². The van der Waals surface area contributed by atoms with Crippen molar-refractivity contribution in [3.8, 4) is 0 Å². The first-order chi connectivity index (χ1) is 11.6. The number of halogens is 1. The minimum absolute atomic E-state index is 0. The van der Waals surface area contributed by atoms with Crippen molar-refractivity contribution in [2.24, 2.45) is 0 Å². The van der Waals surface area contributed by atoms with Crippen molar-refractivity contribution >= 4 is 12.4 Å². The summed E-state index contributed by atoms with van der Waals surface area (Å²) in [6.07, 6.45) is 3.98. The quantitative estimate of drug-likeness (QED) is 0.577. The van der Waals surface area contributed by atoms with Crippen LogP contribution in [0.5, 0.6) is 0 Å². The molecule has 2 aliphatic heterocycles. The lowest BCUT2D eigenvalue weighted by Gasteiger charge is -2.50. The molecule has 0 radical (unpaired) electrons. The zero-order valence-corrected chi connectivity index (χ0v) is 15.4. The highest BCUT2D eigenvalue weighted by Crippen LogP contribution is 2.43. The van der Waals surface area contributed by atoms with Crippen molar-refractivity contribution in [1.29, 1.82) is 0 Å². The van der Waals surface area contributed by atoms with E-state index in [0.29, 0.717) is 0 Å². The number of piperidine rings is 1. The van der Waals surface area contributed by atoms with Crippen LogP contribution in [0.2, 0.25) is 0 Å². The maximum absolute atomic E-state index is 12.7. The fourth-order valence-electron chi connectivity index (χ4n) is 4.46. The van der Waals surface area contributed by atoms with Crippen molar-refractivity contribution in [2.45, 2.75) is 50.0 Å². The fourth-order valence-corrected chi connectivity index (χ4v) is 4.46. The number of hydrogen-bond donors (Lipinski definition) is 0. The van der Waals surface area contributed by atoms with E-state index < -0.39 is 0 Å². The van der Waals surface area contributed by atoms with Crippen LogP contribution >= 0.6 is 12.4 Å². The van der Waals surface area contributed by atoms with Gasteiger partial charge in [0.25, 0.3) is 0 Å². The molecular formula is C21H26ClNO2. The van der Waals surface area contributed by atoms with Crippen molar-refractivity contribution in [3.63, 3.8) is 0 Å². The molecule has 4 atom stereocenters. The molecular weight excluding hydrogens is 334 g/mol. The molecule has 2 aliphatic rings. The Morgan fingerprint density at radius 2 is 1.32 bits per heavy atom. The molecule has 2 aromatic carbocycles. The van der Waals surface area contributed by atoms with Gasteiger partial charge in [-0.25, -0.2) is 0 Å². The topological polar surface area (TPSA) is 32.3 Å². The third kappa shape index (κ3) is 3.61. The molecule has 134 valence electrons. The zero-order chi connectivity index (χ0) is 16.6. The van der Waals surface area contributed by atoms with Crippen LogP contribution in [0.1, 0.15) is 42.9 Å². The van der Waals surface area contributed by atoms with Crippen LogP contribution < -0.4 is 0 Å². The molecule has 0 spiro atoms. The molecule has 3 nitrogen and oxygen atoms in total. The molecule has 4 heteroatoms. The minimum atomic E-state index is -0.0553. The molecule has 0 saturated carbocycles. The van der Waals surface area contributed by atoms with Crippen LogP contribution in [0.25, 0.3) is 0 Å². The summed E-state index contributed by atoms with van der Waals surface area (Å²) >= 11 is 0. The number of fused-ring (bicyclic) bond motifs is 2. The predicted octanol–water partition coefficient (Wildman–Crippen LogP) is 4.85. The summed E-state index contributed by atoms with van der Waals surface area (Å²) in [6.45, 7) is 0. The van der Waals surface area contributed by atoms with Gasteiger partial charge in [-0.2, -0.15) is 0 Å². The summed E-state index contributed by atoms with van der Waals surface area (Å²) < 4.78 is 6.53. The van der Waals surface area contributed by atoms with E-state index in [2.05, 4.69) is 48.5 Å². The van der Waals surface area contributed by atoms with Gasteiger partial charge >= 0.3 is 0 Å². The van der Waals surface area contributed by atoms with E-state index in [-0.39, 0.29) is 41.3 Å². The maximum atomic E-state index is 12.7. The average Bonchev–Trinajstić information content (AvgIpc) is 2.79. The molecule has 2 unspecified atom stereocenters. The summed E-state index contributed by atoms with van der Waals surface area (Å²) in [5.74, 6) is 0. The number of nitrogens with zero attached hydrogens (tertiary/aromatic N) is 1. The summed E-state index contributed by atoms with van der Waals surface area (Å²) in [4.78, 5) is 0. The fraction of sp³-hybridized carbons (Fsp3) is 0.429. The van der Waals surface area contributed by atoms with Crippen LogP contribution in [0.4, 0.5) is 0 Å². The Labute approximate surface area is 156 Å². The smallest absolute Gasteiger partial charge is 0.108 e. The van der Waals surface area contributed by atoms with E-state index in [9.17, 15) is 5.21 Å². The Hall–Kier alpha value is -1.39. The number of hydroxylamine groups is 3. The SMILES string of the molecule is C[N+]1([O-])[C@@H]2CC[C@H]1CC(OC(c1ccccc1)c1ccccc1)C2.Cl. The van der Waals surface area contributed by atoms with E-state index in [4.69, 9.17) is 4.74 Å². The number of rotatable bonds is 4. The highest BCUT2D eigenvalue weighted by atomic mass is 35.5. The van der Waals surface area contributed by atoms with E-state index in [1.54, 1.807) is 0 Å². The molecule has 0 N–H and O–H groups in total. The first-order valence-electron chi connectivity index (χ1n) is 8.97. The molecule has 2 bridgehead atoms. The van der Waals surface area contributed by atoms with Crippen LogP contribution in [-0.2, 0) is 4.74 Å².